The zero-order chi connectivity index (χ0) is 35.7. The lowest BCUT2D eigenvalue weighted by atomic mass is 10.1. The molecule has 0 saturated carbocycles. The SMILES string of the molecule is Cc1ccc(NC(=O)[C@H](Sc2ccc(NC(=O)/C(=C/c3ccc(-c4ccc(Br)cc4)o3)NC(=O)c3ccccc3)cc2)c2ccccc2)cc1Cl. The zero-order valence-corrected chi connectivity index (χ0v) is 30.4. The van der Waals surface area contributed by atoms with Crippen molar-refractivity contribution in [3.05, 3.63) is 177 Å². The molecule has 51 heavy (non-hydrogen) atoms. The molecular weight excluding hydrogens is 746 g/mol. The maximum absolute atomic E-state index is 13.6. The van der Waals surface area contributed by atoms with Gasteiger partial charge >= 0.3 is 0 Å². The molecule has 254 valence electrons. The van der Waals surface area contributed by atoms with Crippen LogP contribution < -0.4 is 16.0 Å². The fourth-order valence-electron chi connectivity index (χ4n) is 5.01. The van der Waals surface area contributed by atoms with Crippen molar-refractivity contribution in [3.63, 3.8) is 0 Å². The second kappa shape index (κ2) is 16.6. The second-order valence-corrected chi connectivity index (χ2v) is 13.9. The first-order chi connectivity index (χ1) is 24.7. The summed E-state index contributed by atoms with van der Waals surface area (Å²) in [4.78, 5) is 41.1. The molecule has 3 N–H and O–H groups in total. The topological polar surface area (TPSA) is 100 Å². The smallest absolute Gasteiger partial charge is 0.272 e. The summed E-state index contributed by atoms with van der Waals surface area (Å²) in [6.45, 7) is 1.90. The number of amides is 3. The zero-order valence-electron chi connectivity index (χ0n) is 27.2. The molecule has 0 spiro atoms. The van der Waals surface area contributed by atoms with E-state index in [-0.39, 0.29) is 11.6 Å². The van der Waals surface area contributed by atoms with Gasteiger partial charge in [-0.15, -0.1) is 11.8 Å². The van der Waals surface area contributed by atoms with E-state index in [4.69, 9.17) is 16.0 Å². The Bertz CT molecular complexity index is 2190. The summed E-state index contributed by atoms with van der Waals surface area (Å²) in [5.74, 6) is -0.188. The average molecular weight is 777 g/mol. The molecule has 1 aromatic heterocycles. The van der Waals surface area contributed by atoms with Crippen LogP contribution in [0.1, 0.15) is 32.5 Å². The quantitative estimate of drug-likeness (QED) is 0.0899. The molecule has 0 bridgehead atoms. The summed E-state index contributed by atoms with van der Waals surface area (Å²) in [7, 11) is 0. The first kappa shape index (κ1) is 35.5. The summed E-state index contributed by atoms with van der Waals surface area (Å²) < 4.78 is 6.96. The van der Waals surface area contributed by atoms with E-state index < -0.39 is 17.1 Å². The Hall–Kier alpha value is -5.35. The van der Waals surface area contributed by atoms with Crippen molar-refractivity contribution in [1.82, 2.24) is 5.32 Å². The minimum absolute atomic E-state index is 0.00367. The van der Waals surface area contributed by atoms with Crippen molar-refractivity contribution in [2.75, 3.05) is 10.6 Å². The number of anilines is 2. The molecule has 1 atom stereocenters. The minimum atomic E-state index is -0.565. The number of nitrogens with one attached hydrogen (secondary N) is 3. The summed E-state index contributed by atoms with van der Waals surface area (Å²) in [5.41, 5.74) is 4.11. The normalized spacial score (nSPS) is 11.8. The van der Waals surface area contributed by atoms with E-state index in [1.165, 1.54) is 17.8 Å². The molecule has 6 aromatic rings. The number of aryl methyl sites for hydroxylation is 1. The van der Waals surface area contributed by atoms with Crippen LogP contribution in [0.4, 0.5) is 11.4 Å². The van der Waals surface area contributed by atoms with Crippen LogP contribution in [-0.2, 0) is 9.59 Å². The second-order valence-electron chi connectivity index (χ2n) is 11.4. The molecule has 0 aliphatic heterocycles. The highest BCUT2D eigenvalue weighted by atomic mass is 79.9. The van der Waals surface area contributed by atoms with E-state index in [0.717, 1.165) is 26.1 Å². The molecule has 0 radical (unpaired) electrons. The predicted molar refractivity (Wildman–Crippen MR) is 209 cm³/mol. The van der Waals surface area contributed by atoms with Crippen LogP contribution >= 0.6 is 39.3 Å². The molecule has 6 rings (SSSR count). The van der Waals surface area contributed by atoms with Gasteiger partial charge in [-0.2, -0.15) is 0 Å². The Morgan fingerprint density at radius 1 is 0.765 bits per heavy atom. The fraction of sp³-hybridized carbons (Fsp3) is 0.0488. The summed E-state index contributed by atoms with van der Waals surface area (Å²) in [6, 6.07) is 41.9. The van der Waals surface area contributed by atoms with E-state index in [9.17, 15) is 14.4 Å². The van der Waals surface area contributed by atoms with E-state index >= 15 is 0 Å². The number of carbonyl (C=O) groups excluding carboxylic acids is 3. The summed E-state index contributed by atoms with van der Waals surface area (Å²) >= 11 is 11.1. The Balaban J connectivity index is 1.20. The maximum Gasteiger partial charge on any atom is 0.272 e. The monoisotopic (exact) mass is 775 g/mol. The van der Waals surface area contributed by atoms with Crippen molar-refractivity contribution in [1.29, 1.82) is 0 Å². The van der Waals surface area contributed by atoms with E-state index in [2.05, 4.69) is 31.9 Å². The van der Waals surface area contributed by atoms with E-state index in [1.807, 2.05) is 91.9 Å². The number of benzene rings is 5. The van der Waals surface area contributed by atoms with Crippen molar-refractivity contribution in [2.24, 2.45) is 0 Å². The molecule has 10 heteroatoms. The molecule has 0 saturated heterocycles. The van der Waals surface area contributed by atoms with E-state index in [1.54, 1.807) is 54.6 Å². The van der Waals surface area contributed by atoms with Crippen molar-refractivity contribution in [3.8, 4) is 11.3 Å². The van der Waals surface area contributed by atoms with E-state index in [0.29, 0.717) is 33.5 Å². The first-order valence-corrected chi connectivity index (χ1v) is 17.9. The molecule has 5 aromatic carbocycles. The van der Waals surface area contributed by atoms with Gasteiger partial charge in [-0.05, 0) is 90.8 Å². The van der Waals surface area contributed by atoms with Gasteiger partial charge < -0.3 is 20.4 Å². The largest absolute Gasteiger partial charge is 0.457 e. The van der Waals surface area contributed by atoms with Crippen molar-refractivity contribution in [2.45, 2.75) is 17.1 Å². The Morgan fingerprint density at radius 2 is 1.43 bits per heavy atom. The lowest BCUT2D eigenvalue weighted by Gasteiger charge is -2.18. The summed E-state index contributed by atoms with van der Waals surface area (Å²) in [5, 5.41) is 8.60. The number of hydrogen-bond donors (Lipinski definition) is 3. The highest BCUT2D eigenvalue weighted by Crippen LogP contribution is 2.37. The first-order valence-electron chi connectivity index (χ1n) is 15.9. The molecular formula is C41H31BrClN3O4S. The van der Waals surface area contributed by atoms with Crippen LogP contribution in [0.3, 0.4) is 0 Å². The van der Waals surface area contributed by atoms with Gasteiger partial charge in [0.05, 0.1) is 0 Å². The van der Waals surface area contributed by atoms with Crippen molar-refractivity contribution >= 4 is 74.5 Å². The molecule has 0 fully saturated rings. The Labute approximate surface area is 313 Å². The van der Waals surface area contributed by atoms with Gasteiger partial charge in [0.15, 0.2) is 0 Å². The molecule has 0 unspecified atom stereocenters. The maximum atomic E-state index is 13.6. The third-order valence-electron chi connectivity index (χ3n) is 7.72. The number of halogens is 2. The summed E-state index contributed by atoms with van der Waals surface area (Å²) in [6.07, 6.45) is 1.49. The van der Waals surface area contributed by atoms with Gasteiger partial charge in [0, 0.05) is 43.0 Å². The molecule has 7 nitrogen and oxygen atoms in total. The van der Waals surface area contributed by atoms with Gasteiger partial charge in [0.25, 0.3) is 11.8 Å². The van der Waals surface area contributed by atoms with Crippen LogP contribution in [0.5, 0.6) is 0 Å². The fourth-order valence-corrected chi connectivity index (χ4v) is 6.48. The Kier molecular flexibility index (Phi) is 11.5. The number of hydrogen-bond acceptors (Lipinski definition) is 5. The lowest BCUT2D eigenvalue weighted by molar-refractivity contribution is -0.116. The molecule has 3 amide bonds. The minimum Gasteiger partial charge on any atom is -0.457 e. The van der Waals surface area contributed by atoms with Gasteiger partial charge in [-0.25, -0.2) is 0 Å². The average Bonchev–Trinajstić information content (AvgIpc) is 3.62. The number of thioether (sulfide) groups is 1. The third kappa shape index (κ3) is 9.46. The van der Waals surface area contributed by atoms with Crippen LogP contribution in [0.2, 0.25) is 5.02 Å². The molecule has 0 aliphatic carbocycles. The lowest BCUT2D eigenvalue weighted by Crippen LogP contribution is -2.30. The predicted octanol–water partition coefficient (Wildman–Crippen LogP) is 10.6. The highest BCUT2D eigenvalue weighted by Gasteiger charge is 2.23. The van der Waals surface area contributed by atoms with Crippen LogP contribution in [0.15, 0.2) is 159 Å². The van der Waals surface area contributed by atoms with Crippen molar-refractivity contribution < 1.29 is 18.8 Å². The van der Waals surface area contributed by atoms with Crippen LogP contribution in [0.25, 0.3) is 17.4 Å². The number of furan rings is 1. The standard InChI is InChI=1S/C41H31BrClN3O4S/c1-26-12-17-32(24-35(26)43)45-41(49)38(28-8-4-2-5-9-28)51-34-21-18-31(19-22-34)44-40(48)36(46-39(47)29-10-6-3-7-11-29)25-33-20-23-37(50-33)27-13-15-30(42)16-14-27/h2-25,38H,1H3,(H,44,48)(H,45,49)(H,46,47)/b36-25-/t38-/m1/s1. The Morgan fingerprint density at radius 3 is 2.12 bits per heavy atom. The molecule has 0 aliphatic rings. The molecule has 1 heterocycles. The van der Waals surface area contributed by atoms with Gasteiger partial charge in [-0.3, -0.25) is 14.4 Å². The van der Waals surface area contributed by atoms with Crippen LogP contribution in [0, 0.1) is 6.92 Å². The van der Waals surface area contributed by atoms with Crippen LogP contribution in [-0.4, -0.2) is 17.7 Å². The van der Waals surface area contributed by atoms with Gasteiger partial charge in [-0.1, -0.05) is 94.3 Å². The number of rotatable bonds is 11. The number of carbonyl (C=O) groups is 3. The van der Waals surface area contributed by atoms with Gasteiger partial charge in [0.2, 0.25) is 5.91 Å². The third-order valence-corrected chi connectivity index (χ3v) is 9.92. The highest BCUT2D eigenvalue weighted by molar-refractivity contribution is 9.10. The van der Waals surface area contributed by atoms with Gasteiger partial charge in [0.1, 0.15) is 22.5 Å².